The van der Waals surface area contributed by atoms with Gasteiger partial charge in [0, 0.05) is 39.3 Å². The lowest BCUT2D eigenvalue weighted by Crippen LogP contribution is -2.41. The number of rotatable bonds is 12. The monoisotopic (exact) mass is 444 g/mol. The van der Waals surface area contributed by atoms with Gasteiger partial charge in [-0.15, -0.1) is 0 Å². The van der Waals surface area contributed by atoms with Crippen LogP contribution in [0.5, 0.6) is 5.75 Å². The van der Waals surface area contributed by atoms with E-state index in [-0.39, 0.29) is 5.91 Å². The third-order valence-electron chi connectivity index (χ3n) is 5.29. The van der Waals surface area contributed by atoms with E-state index in [4.69, 9.17) is 13.9 Å². The van der Waals surface area contributed by atoms with Crippen LogP contribution < -0.4 is 10.1 Å². The molecule has 1 saturated heterocycles. The number of morpholine rings is 1. The van der Waals surface area contributed by atoms with Crippen molar-refractivity contribution in [3.63, 3.8) is 0 Å². The van der Waals surface area contributed by atoms with Crippen molar-refractivity contribution in [1.29, 1.82) is 0 Å². The first kappa shape index (κ1) is 24.2. The van der Waals surface area contributed by atoms with Crippen LogP contribution in [-0.2, 0) is 17.8 Å². The first-order chi connectivity index (χ1) is 15.5. The summed E-state index contributed by atoms with van der Waals surface area (Å²) in [6.07, 6.45) is 1.45. The number of benzene rings is 1. The molecule has 2 heterocycles. The second-order valence-electron chi connectivity index (χ2n) is 8.47. The number of aromatic nitrogens is 1. The Morgan fingerprint density at radius 3 is 2.66 bits per heavy atom. The standard InChI is InChI=1S/C24H36N4O4/c1-4-31-21-7-5-20(6-8-21)16-28(10-9-27-11-13-30-14-12-27)17-23-26-22(18-32-23)24(29)25-15-19(2)3/h5-8,18-19H,4,9-17H2,1-3H3,(H,25,29). The van der Waals surface area contributed by atoms with Crippen LogP contribution in [0.15, 0.2) is 34.9 Å². The van der Waals surface area contributed by atoms with E-state index in [1.54, 1.807) is 0 Å². The van der Waals surface area contributed by atoms with Crippen molar-refractivity contribution in [2.45, 2.75) is 33.9 Å². The van der Waals surface area contributed by atoms with E-state index in [1.807, 2.05) is 19.1 Å². The second kappa shape index (κ2) is 12.6. The molecule has 1 aliphatic rings. The van der Waals surface area contributed by atoms with Crippen LogP contribution in [0.3, 0.4) is 0 Å². The van der Waals surface area contributed by atoms with Gasteiger partial charge in [-0.1, -0.05) is 26.0 Å². The molecule has 0 unspecified atom stereocenters. The smallest absolute Gasteiger partial charge is 0.273 e. The number of hydrogen-bond acceptors (Lipinski definition) is 7. The third-order valence-corrected chi connectivity index (χ3v) is 5.29. The quantitative estimate of drug-likeness (QED) is 0.539. The van der Waals surface area contributed by atoms with Gasteiger partial charge in [-0.2, -0.15) is 0 Å². The van der Waals surface area contributed by atoms with Gasteiger partial charge in [-0.3, -0.25) is 14.6 Å². The van der Waals surface area contributed by atoms with Gasteiger partial charge >= 0.3 is 0 Å². The lowest BCUT2D eigenvalue weighted by atomic mass is 10.2. The number of amides is 1. The molecule has 0 atom stereocenters. The van der Waals surface area contributed by atoms with Gasteiger partial charge in [-0.05, 0) is 30.5 Å². The molecule has 1 aliphatic heterocycles. The summed E-state index contributed by atoms with van der Waals surface area (Å²) in [6.45, 7) is 14.0. The fraction of sp³-hybridized carbons (Fsp3) is 0.583. The van der Waals surface area contributed by atoms with Gasteiger partial charge in [-0.25, -0.2) is 4.98 Å². The van der Waals surface area contributed by atoms with Gasteiger partial charge in [0.15, 0.2) is 5.69 Å². The highest BCUT2D eigenvalue weighted by atomic mass is 16.5. The van der Waals surface area contributed by atoms with Gasteiger partial charge in [0.05, 0.1) is 26.4 Å². The second-order valence-corrected chi connectivity index (χ2v) is 8.47. The Morgan fingerprint density at radius 2 is 1.97 bits per heavy atom. The molecule has 1 N–H and O–H groups in total. The van der Waals surface area contributed by atoms with E-state index in [2.05, 4.69) is 46.1 Å². The van der Waals surface area contributed by atoms with E-state index in [0.29, 0.717) is 37.2 Å². The molecule has 0 aliphatic carbocycles. The maximum absolute atomic E-state index is 12.3. The minimum absolute atomic E-state index is 0.194. The minimum atomic E-state index is -0.194. The molecule has 2 aromatic rings. The molecule has 0 radical (unpaired) electrons. The van der Waals surface area contributed by atoms with E-state index in [9.17, 15) is 4.79 Å². The van der Waals surface area contributed by atoms with Crippen molar-refractivity contribution in [2.24, 2.45) is 5.92 Å². The molecule has 0 spiro atoms. The molecule has 0 saturated carbocycles. The molecule has 1 amide bonds. The normalized spacial score (nSPS) is 14.8. The molecule has 1 aromatic carbocycles. The van der Waals surface area contributed by atoms with Crippen LogP contribution >= 0.6 is 0 Å². The van der Waals surface area contributed by atoms with Crippen LogP contribution in [0, 0.1) is 5.92 Å². The van der Waals surface area contributed by atoms with E-state index >= 15 is 0 Å². The number of carbonyl (C=O) groups excluding carboxylic acids is 1. The van der Waals surface area contributed by atoms with Gasteiger partial charge < -0.3 is 19.2 Å². The van der Waals surface area contributed by atoms with Crippen LogP contribution in [0.4, 0.5) is 0 Å². The summed E-state index contributed by atoms with van der Waals surface area (Å²) in [5, 5.41) is 2.88. The summed E-state index contributed by atoms with van der Waals surface area (Å²) < 4.78 is 16.6. The molecule has 8 nitrogen and oxygen atoms in total. The van der Waals surface area contributed by atoms with E-state index in [1.165, 1.54) is 11.8 Å². The van der Waals surface area contributed by atoms with Crippen molar-refractivity contribution >= 4 is 5.91 Å². The van der Waals surface area contributed by atoms with Gasteiger partial charge in [0.25, 0.3) is 5.91 Å². The zero-order valence-electron chi connectivity index (χ0n) is 19.5. The van der Waals surface area contributed by atoms with Crippen LogP contribution in [0.25, 0.3) is 0 Å². The molecule has 1 fully saturated rings. The van der Waals surface area contributed by atoms with Crippen molar-refractivity contribution in [2.75, 3.05) is 52.5 Å². The molecular formula is C24H36N4O4. The molecule has 3 rings (SSSR count). The highest BCUT2D eigenvalue weighted by Crippen LogP contribution is 2.15. The van der Waals surface area contributed by atoms with Crippen LogP contribution in [0.2, 0.25) is 0 Å². The number of carbonyl (C=O) groups is 1. The van der Waals surface area contributed by atoms with Crippen LogP contribution in [-0.4, -0.2) is 73.2 Å². The highest BCUT2D eigenvalue weighted by Gasteiger charge is 2.17. The van der Waals surface area contributed by atoms with Crippen LogP contribution in [0.1, 0.15) is 42.7 Å². The zero-order chi connectivity index (χ0) is 22.8. The Bertz CT molecular complexity index is 816. The highest BCUT2D eigenvalue weighted by molar-refractivity contribution is 5.91. The molecule has 0 bridgehead atoms. The molecule has 176 valence electrons. The Morgan fingerprint density at radius 1 is 1.22 bits per heavy atom. The Balaban J connectivity index is 1.62. The van der Waals surface area contributed by atoms with E-state index in [0.717, 1.165) is 51.7 Å². The molecule has 32 heavy (non-hydrogen) atoms. The maximum Gasteiger partial charge on any atom is 0.273 e. The fourth-order valence-electron chi connectivity index (χ4n) is 3.50. The summed E-state index contributed by atoms with van der Waals surface area (Å²) >= 11 is 0. The SMILES string of the molecule is CCOc1ccc(CN(CCN2CCOCC2)Cc2nc(C(=O)NCC(C)C)co2)cc1. The summed E-state index contributed by atoms with van der Waals surface area (Å²) in [7, 11) is 0. The van der Waals surface area contributed by atoms with Crippen molar-refractivity contribution in [1.82, 2.24) is 20.1 Å². The number of oxazole rings is 1. The molecule has 8 heteroatoms. The predicted molar refractivity (Wildman–Crippen MR) is 123 cm³/mol. The average molecular weight is 445 g/mol. The van der Waals surface area contributed by atoms with Gasteiger partial charge in [0.2, 0.25) is 5.89 Å². The lowest BCUT2D eigenvalue weighted by Gasteiger charge is -2.29. The Labute approximate surface area is 190 Å². The minimum Gasteiger partial charge on any atom is -0.494 e. The number of nitrogens with one attached hydrogen (secondary N) is 1. The first-order valence-corrected chi connectivity index (χ1v) is 11.5. The van der Waals surface area contributed by atoms with Gasteiger partial charge in [0.1, 0.15) is 12.0 Å². The summed E-state index contributed by atoms with van der Waals surface area (Å²) in [6, 6.07) is 8.18. The topological polar surface area (TPSA) is 80.1 Å². The number of nitrogens with zero attached hydrogens (tertiary/aromatic N) is 3. The Hall–Kier alpha value is -2.42. The summed E-state index contributed by atoms with van der Waals surface area (Å²) in [5.41, 5.74) is 1.52. The fourth-order valence-corrected chi connectivity index (χ4v) is 3.50. The largest absolute Gasteiger partial charge is 0.494 e. The number of hydrogen-bond donors (Lipinski definition) is 1. The molecule has 1 aromatic heterocycles. The predicted octanol–water partition coefficient (Wildman–Crippen LogP) is 2.79. The zero-order valence-corrected chi connectivity index (χ0v) is 19.5. The van der Waals surface area contributed by atoms with Crippen molar-refractivity contribution in [3.8, 4) is 5.75 Å². The lowest BCUT2D eigenvalue weighted by molar-refractivity contribution is 0.0320. The maximum atomic E-state index is 12.3. The Kier molecular flexibility index (Phi) is 9.52. The third kappa shape index (κ3) is 7.93. The van der Waals surface area contributed by atoms with E-state index < -0.39 is 0 Å². The first-order valence-electron chi connectivity index (χ1n) is 11.5. The summed E-state index contributed by atoms with van der Waals surface area (Å²) in [5.74, 6) is 1.61. The van der Waals surface area contributed by atoms with Crippen molar-refractivity contribution in [3.05, 3.63) is 47.7 Å². The van der Waals surface area contributed by atoms with Crippen molar-refractivity contribution < 1.29 is 18.7 Å². The molecular weight excluding hydrogens is 408 g/mol. The average Bonchev–Trinajstić information content (AvgIpc) is 3.26. The number of ether oxygens (including phenoxy) is 2. The summed E-state index contributed by atoms with van der Waals surface area (Å²) in [4.78, 5) is 21.4.